The molecule has 2 fully saturated rings. The van der Waals surface area contributed by atoms with E-state index >= 15 is 0 Å². The molecule has 11 nitrogen and oxygen atoms in total. The lowest BCUT2D eigenvalue weighted by Crippen LogP contribution is -2.56. The zero-order valence-electron chi connectivity index (χ0n) is 24.7. The molecule has 1 aromatic heterocycles. The molecule has 0 bridgehead atoms. The van der Waals surface area contributed by atoms with E-state index in [0.29, 0.717) is 0 Å². The fourth-order valence-corrected chi connectivity index (χ4v) is 6.71. The highest BCUT2D eigenvalue weighted by atomic mass is 35.5. The van der Waals surface area contributed by atoms with Gasteiger partial charge < -0.3 is 5.32 Å². The smallest absolute Gasteiger partial charge is 0.252 e. The Bertz CT molecular complexity index is 1840. The first-order chi connectivity index (χ1) is 21.7. The Hall–Kier alpha value is -4.45. The molecular formula is C31H29ClF2N6O5S. The minimum Gasteiger partial charge on any atom is -0.351 e. The predicted molar refractivity (Wildman–Crippen MR) is 165 cm³/mol. The zero-order valence-corrected chi connectivity index (χ0v) is 26.3. The molecule has 2 atom stereocenters. The van der Waals surface area contributed by atoms with Gasteiger partial charge in [0.05, 0.1) is 16.5 Å². The van der Waals surface area contributed by atoms with E-state index in [-0.39, 0.29) is 45.4 Å². The highest BCUT2D eigenvalue weighted by Gasteiger charge is 2.48. The van der Waals surface area contributed by atoms with Crippen molar-refractivity contribution in [2.45, 2.75) is 54.6 Å². The van der Waals surface area contributed by atoms with Gasteiger partial charge in [0.2, 0.25) is 21.8 Å². The first-order valence-corrected chi connectivity index (χ1v) is 16.0. The summed E-state index contributed by atoms with van der Waals surface area (Å²) in [4.78, 5) is 48.2. The van der Waals surface area contributed by atoms with Crippen LogP contribution < -0.4 is 15.1 Å². The summed E-state index contributed by atoms with van der Waals surface area (Å²) in [6.07, 6.45) is 0.0866. The second-order valence-corrected chi connectivity index (χ2v) is 13.8. The van der Waals surface area contributed by atoms with Crippen molar-refractivity contribution in [3.05, 3.63) is 83.0 Å². The fraction of sp³-hybridized carbons (Fsp3) is 0.323. The molecule has 1 saturated heterocycles. The van der Waals surface area contributed by atoms with Crippen LogP contribution in [0.15, 0.2) is 71.8 Å². The number of nitriles is 1. The molecular weight excluding hydrogens is 642 g/mol. The number of nitrogens with zero attached hydrogens (tertiary/aromatic N) is 5. The van der Waals surface area contributed by atoms with Gasteiger partial charge in [-0.25, -0.2) is 26.5 Å². The number of nitrogens with one attached hydrogen (secondary N) is 1. The average Bonchev–Trinajstić information content (AvgIpc) is 3.40. The number of hydrogen-bond acceptors (Lipinski definition) is 7. The number of rotatable bonds is 9. The quantitative estimate of drug-likeness (QED) is 0.362. The number of hydrogen-bond donors (Lipinski definition) is 1. The minimum absolute atomic E-state index is 0.00796. The number of pyridine rings is 1. The van der Waals surface area contributed by atoms with Crippen LogP contribution in [0.5, 0.6) is 0 Å². The maximum Gasteiger partial charge on any atom is 0.252 e. The van der Waals surface area contributed by atoms with Crippen molar-refractivity contribution >= 4 is 50.9 Å². The Morgan fingerprint density at radius 1 is 1.13 bits per heavy atom. The Kier molecular flexibility index (Phi) is 9.12. The highest BCUT2D eigenvalue weighted by Crippen LogP contribution is 2.40. The standard InChI is InChI=1S/C31H29ClF2N6O5S/c1-38(2)46(44,45)22-7-5-6-21(15-22)39(30(43)25-10-11-27(41)40(25)26-14-19(18-35)12-13-36-26)28(23-8-3-4-9-24(23)32)29(42)37-20-16-31(33,34)17-20/h3-9,12-15,20,25,28H,10-11,16-17H2,1-2H3,(H,37,42)/t25-,28-/m0/s1. The van der Waals surface area contributed by atoms with Crippen LogP contribution in [0.25, 0.3) is 0 Å². The summed E-state index contributed by atoms with van der Waals surface area (Å²) in [5, 5.41) is 12.1. The summed E-state index contributed by atoms with van der Waals surface area (Å²) < 4.78 is 54.7. The van der Waals surface area contributed by atoms with E-state index in [4.69, 9.17) is 11.6 Å². The molecule has 2 aliphatic rings. The van der Waals surface area contributed by atoms with Gasteiger partial charge in [-0.2, -0.15) is 5.26 Å². The maximum absolute atomic E-state index is 14.8. The van der Waals surface area contributed by atoms with E-state index in [0.717, 1.165) is 14.1 Å². The van der Waals surface area contributed by atoms with Crippen LogP contribution >= 0.6 is 11.6 Å². The third-order valence-electron chi connectivity index (χ3n) is 7.87. The second-order valence-electron chi connectivity index (χ2n) is 11.2. The van der Waals surface area contributed by atoms with Crippen molar-refractivity contribution in [1.82, 2.24) is 14.6 Å². The molecule has 3 aromatic rings. The lowest BCUT2D eigenvalue weighted by Gasteiger charge is -2.39. The Balaban J connectivity index is 1.68. The van der Waals surface area contributed by atoms with Crippen LogP contribution in [0, 0.1) is 11.3 Å². The summed E-state index contributed by atoms with van der Waals surface area (Å²) in [5.74, 6) is -4.98. The van der Waals surface area contributed by atoms with Gasteiger partial charge in [0.25, 0.3) is 11.8 Å². The third kappa shape index (κ3) is 6.44. The number of aromatic nitrogens is 1. The molecule has 2 heterocycles. The van der Waals surface area contributed by atoms with Gasteiger partial charge in [-0.1, -0.05) is 35.9 Å². The van der Waals surface area contributed by atoms with E-state index < -0.39 is 64.6 Å². The normalized spacial score (nSPS) is 18.5. The molecule has 1 aliphatic heterocycles. The first kappa shape index (κ1) is 32.9. The summed E-state index contributed by atoms with van der Waals surface area (Å²) >= 11 is 6.57. The molecule has 240 valence electrons. The number of anilines is 2. The van der Waals surface area contributed by atoms with Crippen molar-refractivity contribution in [1.29, 1.82) is 5.26 Å². The Labute approximate surface area is 269 Å². The molecule has 3 amide bonds. The van der Waals surface area contributed by atoms with Gasteiger partial charge in [-0.3, -0.25) is 24.2 Å². The number of alkyl halides is 2. The van der Waals surface area contributed by atoms with Gasteiger partial charge >= 0.3 is 0 Å². The molecule has 0 unspecified atom stereocenters. The van der Waals surface area contributed by atoms with Crippen molar-refractivity contribution in [3.63, 3.8) is 0 Å². The van der Waals surface area contributed by atoms with Crippen LogP contribution in [-0.4, -0.2) is 67.5 Å². The number of halogens is 3. The van der Waals surface area contributed by atoms with Crippen LogP contribution in [-0.2, 0) is 24.4 Å². The summed E-state index contributed by atoms with van der Waals surface area (Å²) in [6, 6.07) is 12.6. The summed E-state index contributed by atoms with van der Waals surface area (Å²) in [6.45, 7) is 0. The third-order valence-corrected chi connectivity index (χ3v) is 10.0. The van der Waals surface area contributed by atoms with E-state index in [1.807, 2.05) is 6.07 Å². The Morgan fingerprint density at radius 3 is 2.50 bits per heavy atom. The number of benzene rings is 2. The lowest BCUT2D eigenvalue weighted by molar-refractivity contribution is -0.133. The van der Waals surface area contributed by atoms with Crippen LogP contribution in [0.1, 0.15) is 42.9 Å². The van der Waals surface area contributed by atoms with Crippen molar-refractivity contribution in [2.75, 3.05) is 23.9 Å². The van der Waals surface area contributed by atoms with Crippen molar-refractivity contribution in [2.24, 2.45) is 0 Å². The van der Waals surface area contributed by atoms with Gasteiger partial charge in [-0.05, 0) is 42.8 Å². The Morgan fingerprint density at radius 2 is 1.85 bits per heavy atom. The van der Waals surface area contributed by atoms with Crippen molar-refractivity contribution in [3.8, 4) is 6.07 Å². The van der Waals surface area contributed by atoms with E-state index in [9.17, 15) is 36.8 Å². The number of amides is 3. The van der Waals surface area contributed by atoms with Gasteiger partial charge in [0.15, 0.2) is 0 Å². The SMILES string of the molecule is CN(C)S(=O)(=O)c1cccc(N(C(=O)[C@@H]2CCC(=O)N2c2cc(C#N)ccn2)[C@H](C(=O)NC2CC(F)(F)C2)c2ccccc2Cl)c1. The molecule has 1 saturated carbocycles. The van der Waals surface area contributed by atoms with Crippen LogP contribution in [0.2, 0.25) is 5.02 Å². The molecule has 5 rings (SSSR count). The number of sulfonamides is 1. The topological polar surface area (TPSA) is 144 Å². The van der Waals surface area contributed by atoms with Crippen LogP contribution in [0.4, 0.5) is 20.3 Å². The molecule has 1 N–H and O–H groups in total. The van der Waals surface area contributed by atoms with Crippen LogP contribution in [0.3, 0.4) is 0 Å². The number of carbonyl (C=O) groups excluding carboxylic acids is 3. The molecule has 1 aliphatic carbocycles. The minimum atomic E-state index is -4.01. The molecule has 46 heavy (non-hydrogen) atoms. The van der Waals surface area contributed by atoms with Crippen molar-refractivity contribution < 1.29 is 31.6 Å². The molecule has 2 aromatic carbocycles. The molecule has 0 radical (unpaired) electrons. The lowest BCUT2D eigenvalue weighted by atomic mass is 9.87. The second kappa shape index (κ2) is 12.7. The monoisotopic (exact) mass is 670 g/mol. The summed E-state index contributed by atoms with van der Waals surface area (Å²) in [7, 11) is -1.34. The summed E-state index contributed by atoms with van der Waals surface area (Å²) in [5.41, 5.74) is 0.312. The van der Waals surface area contributed by atoms with E-state index in [1.54, 1.807) is 12.1 Å². The first-order valence-electron chi connectivity index (χ1n) is 14.2. The molecule has 0 spiro atoms. The van der Waals surface area contributed by atoms with E-state index in [1.165, 1.54) is 68.8 Å². The maximum atomic E-state index is 14.8. The zero-order chi connectivity index (χ0) is 33.4. The predicted octanol–water partition coefficient (Wildman–Crippen LogP) is 4.04. The number of carbonyl (C=O) groups is 3. The fourth-order valence-electron chi connectivity index (χ4n) is 5.53. The van der Waals surface area contributed by atoms with Gasteiger partial charge in [0, 0.05) is 61.9 Å². The molecule has 15 heteroatoms. The highest BCUT2D eigenvalue weighted by molar-refractivity contribution is 7.89. The van der Waals surface area contributed by atoms with E-state index in [2.05, 4.69) is 10.3 Å². The largest absolute Gasteiger partial charge is 0.351 e. The van der Waals surface area contributed by atoms with Gasteiger partial charge in [0.1, 0.15) is 17.9 Å². The average molecular weight is 671 g/mol. The van der Waals surface area contributed by atoms with Gasteiger partial charge in [-0.15, -0.1) is 0 Å².